The monoisotopic (exact) mass is 294 g/mol. The zero-order chi connectivity index (χ0) is 15.2. The van der Waals surface area contributed by atoms with Gasteiger partial charge in [-0.3, -0.25) is 0 Å². The number of hydrogen-bond donors (Lipinski definition) is 2. The van der Waals surface area contributed by atoms with Gasteiger partial charge in [0.2, 0.25) is 0 Å². The summed E-state index contributed by atoms with van der Waals surface area (Å²) in [5, 5.41) is 12.1. The standard InChI is InChI=1S/C15H22N2O4/c1-2-11-6-8-17(13(10-11)14(18)19)15(20)16-7-5-12-4-3-9-21-12/h3-4,9,11,13H,2,5-8,10H2,1H3,(H,16,20)(H,18,19). The number of carbonyl (C=O) groups is 2. The normalized spacial score (nSPS) is 22.0. The summed E-state index contributed by atoms with van der Waals surface area (Å²) in [5.41, 5.74) is 0. The largest absolute Gasteiger partial charge is 0.480 e. The number of rotatable bonds is 5. The maximum absolute atomic E-state index is 12.2. The number of amides is 2. The SMILES string of the molecule is CCC1CCN(C(=O)NCCc2ccco2)C(C(=O)O)C1. The molecule has 116 valence electrons. The smallest absolute Gasteiger partial charge is 0.326 e. The van der Waals surface area contributed by atoms with Crippen molar-refractivity contribution in [1.82, 2.24) is 10.2 Å². The second-order valence-corrected chi connectivity index (χ2v) is 5.41. The van der Waals surface area contributed by atoms with Crippen LogP contribution in [0.25, 0.3) is 0 Å². The van der Waals surface area contributed by atoms with E-state index in [1.165, 1.54) is 4.90 Å². The average Bonchev–Trinajstić information content (AvgIpc) is 2.99. The average molecular weight is 294 g/mol. The molecule has 2 unspecified atom stereocenters. The number of piperidine rings is 1. The molecule has 2 N–H and O–H groups in total. The van der Waals surface area contributed by atoms with E-state index < -0.39 is 12.0 Å². The van der Waals surface area contributed by atoms with Crippen LogP contribution < -0.4 is 5.32 Å². The van der Waals surface area contributed by atoms with Crippen LogP contribution in [0.3, 0.4) is 0 Å². The molecule has 0 aliphatic carbocycles. The number of carboxylic acids is 1. The maximum atomic E-state index is 12.2. The Labute approximate surface area is 124 Å². The molecule has 1 aliphatic heterocycles. The van der Waals surface area contributed by atoms with Gasteiger partial charge in [0.1, 0.15) is 11.8 Å². The fourth-order valence-electron chi connectivity index (χ4n) is 2.74. The van der Waals surface area contributed by atoms with E-state index in [-0.39, 0.29) is 6.03 Å². The lowest BCUT2D eigenvalue weighted by Gasteiger charge is -2.36. The minimum absolute atomic E-state index is 0.302. The molecule has 0 saturated carbocycles. The van der Waals surface area contributed by atoms with Crippen LogP contribution in [0.2, 0.25) is 0 Å². The number of furan rings is 1. The lowest BCUT2D eigenvalue weighted by Crippen LogP contribution is -2.53. The molecule has 6 nitrogen and oxygen atoms in total. The highest BCUT2D eigenvalue weighted by molar-refractivity contribution is 5.82. The predicted molar refractivity (Wildman–Crippen MR) is 77.0 cm³/mol. The Morgan fingerprint density at radius 2 is 2.33 bits per heavy atom. The highest BCUT2D eigenvalue weighted by Gasteiger charge is 2.35. The third-order valence-electron chi connectivity index (χ3n) is 4.06. The lowest BCUT2D eigenvalue weighted by atomic mass is 9.89. The molecule has 1 aromatic heterocycles. The molecule has 0 radical (unpaired) electrons. The highest BCUT2D eigenvalue weighted by atomic mass is 16.4. The fourth-order valence-corrected chi connectivity index (χ4v) is 2.74. The summed E-state index contributed by atoms with van der Waals surface area (Å²) >= 11 is 0. The van der Waals surface area contributed by atoms with Gasteiger partial charge in [-0.25, -0.2) is 9.59 Å². The first-order chi connectivity index (χ1) is 10.1. The summed E-state index contributed by atoms with van der Waals surface area (Å²) in [6.07, 6.45) is 4.55. The summed E-state index contributed by atoms with van der Waals surface area (Å²) in [7, 11) is 0. The number of likely N-dealkylation sites (tertiary alicyclic amines) is 1. The number of urea groups is 1. The summed E-state index contributed by atoms with van der Waals surface area (Å²) in [6.45, 7) is 3.00. The van der Waals surface area contributed by atoms with Crippen LogP contribution in [0, 0.1) is 5.92 Å². The molecule has 0 aromatic carbocycles. The Morgan fingerprint density at radius 1 is 1.52 bits per heavy atom. The number of aliphatic carboxylic acids is 1. The molecular weight excluding hydrogens is 272 g/mol. The Kier molecular flexibility index (Phi) is 5.25. The van der Waals surface area contributed by atoms with Gasteiger partial charge >= 0.3 is 12.0 Å². The third-order valence-corrected chi connectivity index (χ3v) is 4.06. The molecule has 1 aliphatic rings. The number of nitrogens with zero attached hydrogens (tertiary/aromatic N) is 1. The number of carboxylic acid groups (broad SMARTS) is 1. The molecule has 2 atom stereocenters. The van der Waals surface area contributed by atoms with Crippen LogP contribution in [0.1, 0.15) is 31.9 Å². The van der Waals surface area contributed by atoms with E-state index in [1.54, 1.807) is 12.3 Å². The molecule has 2 amide bonds. The van der Waals surface area contributed by atoms with Crippen molar-refractivity contribution in [3.63, 3.8) is 0 Å². The van der Waals surface area contributed by atoms with E-state index in [1.807, 2.05) is 6.07 Å². The highest BCUT2D eigenvalue weighted by Crippen LogP contribution is 2.25. The first-order valence-corrected chi connectivity index (χ1v) is 7.41. The molecule has 0 bridgehead atoms. The van der Waals surface area contributed by atoms with Gasteiger partial charge in [0.25, 0.3) is 0 Å². The van der Waals surface area contributed by atoms with Crippen LogP contribution in [-0.4, -0.2) is 41.1 Å². The van der Waals surface area contributed by atoms with E-state index >= 15 is 0 Å². The van der Waals surface area contributed by atoms with Gasteiger partial charge in [0.15, 0.2) is 0 Å². The third kappa shape index (κ3) is 4.00. The van der Waals surface area contributed by atoms with Crippen molar-refractivity contribution >= 4 is 12.0 Å². The first-order valence-electron chi connectivity index (χ1n) is 7.41. The van der Waals surface area contributed by atoms with Crippen LogP contribution in [-0.2, 0) is 11.2 Å². The van der Waals surface area contributed by atoms with Gasteiger partial charge in [-0.05, 0) is 30.9 Å². The van der Waals surface area contributed by atoms with Gasteiger partial charge in [0.05, 0.1) is 6.26 Å². The van der Waals surface area contributed by atoms with Crippen LogP contribution in [0.5, 0.6) is 0 Å². The van der Waals surface area contributed by atoms with Crippen molar-refractivity contribution < 1.29 is 19.1 Å². The minimum Gasteiger partial charge on any atom is -0.480 e. The van der Waals surface area contributed by atoms with Gasteiger partial charge in [0, 0.05) is 19.5 Å². The molecule has 6 heteroatoms. The number of carbonyl (C=O) groups excluding carboxylic acids is 1. The Hall–Kier alpha value is -1.98. The van der Waals surface area contributed by atoms with Crippen molar-refractivity contribution in [3.8, 4) is 0 Å². The molecule has 0 spiro atoms. The zero-order valence-electron chi connectivity index (χ0n) is 12.2. The second kappa shape index (κ2) is 7.15. The van der Waals surface area contributed by atoms with Crippen molar-refractivity contribution in [2.45, 2.75) is 38.6 Å². The zero-order valence-corrected chi connectivity index (χ0v) is 12.2. The predicted octanol–water partition coefficient (Wildman–Crippen LogP) is 2.11. The van der Waals surface area contributed by atoms with Crippen LogP contribution >= 0.6 is 0 Å². The topological polar surface area (TPSA) is 82.8 Å². The molecule has 1 saturated heterocycles. The van der Waals surface area contributed by atoms with Crippen molar-refractivity contribution in [2.75, 3.05) is 13.1 Å². The molecule has 2 rings (SSSR count). The van der Waals surface area contributed by atoms with E-state index in [0.717, 1.165) is 18.6 Å². The Bertz CT molecular complexity index is 472. The second-order valence-electron chi connectivity index (χ2n) is 5.41. The van der Waals surface area contributed by atoms with Crippen molar-refractivity contribution in [3.05, 3.63) is 24.2 Å². The van der Waals surface area contributed by atoms with E-state index in [2.05, 4.69) is 12.2 Å². The maximum Gasteiger partial charge on any atom is 0.326 e. The Morgan fingerprint density at radius 3 is 2.95 bits per heavy atom. The molecule has 21 heavy (non-hydrogen) atoms. The van der Waals surface area contributed by atoms with Crippen molar-refractivity contribution in [2.24, 2.45) is 5.92 Å². The number of nitrogens with one attached hydrogen (secondary N) is 1. The van der Waals surface area contributed by atoms with Crippen LogP contribution in [0.4, 0.5) is 4.79 Å². The lowest BCUT2D eigenvalue weighted by molar-refractivity contribution is -0.144. The molecule has 1 fully saturated rings. The first kappa shape index (κ1) is 15.4. The van der Waals surface area contributed by atoms with E-state index in [4.69, 9.17) is 4.42 Å². The fraction of sp³-hybridized carbons (Fsp3) is 0.600. The van der Waals surface area contributed by atoms with Crippen LogP contribution in [0.15, 0.2) is 22.8 Å². The van der Waals surface area contributed by atoms with Crippen molar-refractivity contribution in [1.29, 1.82) is 0 Å². The van der Waals surface area contributed by atoms with Gasteiger partial charge in [-0.15, -0.1) is 0 Å². The summed E-state index contributed by atoms with van der Waals surface area (Å²) < 4.78 is 5.19. The molecule has 1 aromatic rings. The van der Waals surface area contributed by atoms with Gasteiger partial charge in [-0.1, -0.05) is 13.3 Å². The molecular formula is C15H22N2O4. The minimum atomic E-state index is -0.922. The van der Waals surface area contributed by atoms with E-state index in [9.17, 15) is 14.7 Å². The van der Waals surface area contributed by atoms with E-state index in [0.29, 0.717) is 31.8 Å². The summed E-state index contributed by atoms with van der Waals surface area (Å²) in [5.74, 6) is 0.266. The quantitative estimate of drug-likeness (QED) is 0.871. The molecule has 2 heterocycles. The summed E-state index contributed by atoms with van der Waals surface area (Å²) in [6, 6.07) is 2.63. The number of hydrogen-bond acceptors (Lipinski definition) is 3. The van der Waals surface area contributed by atoms with Gasteiger partial charge in [-0.2, -0.15) is 0 Å². The summed E-state index contributed by atoms with van der Waals surface area (Å²) in [4.78, 5) is 25.0. The van der Waals surface area contributed by atoms with Gasteiger partial charge < -0.3 is 19.7 Å². The Balaban J connectivity index is 1.86.